The van der Waals surface area contributed by atoms with Gasteiger partial charge in [-0.15, -0.1) is 0 Å². The summed E-state index contributed by atoms with van der Waals surface area (Å²) < 4.78 is 1.97. The number of benzene rings is 2. The number of likely N-dealkylation sites (N-methyl/N-ethyl adjacent to an activating group) is 1. The molecule has 184 valence electrons. The second-order valence-corrected chi connectivity index (χ2v) is 9.05. The van der Waals surface area contributed by atoms with Crippen LogP contribution in [-0.4, -0.2) is 62.4 Å². The van der Waals surface area contributed by atoms with Crippen LogP contribution in [0.25, 0.3) is 11.0 Å². The van der Waals surface area contributed by atoms with Crippen molar-refractivity contribution >= 4 is 34.6 Å². The van der Waals surface area contributed by atoms with Crippen LogP contribution >= 0.6 is 0 Å². The highest BCUT2D eigenvalue weighted by Crippen LogP contribution is 2.33. The van der Waals surface area contributed by atoms with Gasteiger partial charge in [0, 0.05) is 38.4 Å². The molecule has 10 heteroatoms. The summed E-state index contributed by atoms with van der Waals surface area (Å²) in [6.45, 7) is 3.39. The van der Waals surface area contributed by atoms with E-state index in [1.807, 2.05) is 41.9 Å². The van der Waals surface area contributed by atoms with Gasteiger partial charge in [0.25, 0.3) is 5.91 Å². The minimum absolute atomic E-state index is 0.0199. The number of carbonyl (C=O) groups excluding carboxylic acids is 1. The molecule has 10 nitrogen and oxygen atoms in total. The fourth-order valence-electron chi connectivity index (χ4n) is 4.54. The fraction of sp³-hybridized carbons (Fsp3) is 0.360. The average Bonchev–Trinajstić information content (AvgIpc) is 3.49. The number of carbonyl (C=O) groups is 2. The van der Waals surface area contributed by atoms with Crippen LogP contribution in [0.15, 0.2) is 42.5 Å². The Kier molecular flexibility index (Phi) is 6.38. The van der Waals surface area contributed by atoms with Gasteiger partial charge in [-0.25, -0.2) is 9.78 Å². The lowest BCUT2D eigenvalue weighted by Gasteiger charge is -2.38. The Morgan fingerprint density at radius 3 is 2.46 bits per heavy atom. The van der Waals surface area contributed by atoms with Crippen LogP contribution in [0.1, 0.15) is 36.7 Å². The predicted octanol–water partition coefficient (Wildman–Crippen LogP) is 2.92. The Bertz CT molecular complexity index is 1280. The van der Waals surface area contributed by atoms with Crippen molar-refractivity contribution in [2.75, 3.05) is 25.5 Å². The first-order chi connectivity index (χ1) is 16.6. The number of nitrogen functional groups attached to an aromatic ring is 1. The van der Waals surface area contributed by atoms with Crippen molar-refractivity contribution in [3.63, 3.8) is 0 Å². The number of anilines is 1. The molecule has 1 fully saturated rings. The summed E-state index contributed by atoms with van der Waals surface area (Å²) in [6, 6.07) is 12.8. The van der Waals surface area contributed by atoms with Crippen LogP contribution in [0.2, 0.25) is 0 Å². The average molecular weight is 478 g/mol. The SMILES string of the molecule is CN(C(=O)O)[C@@](C)(C(=O)N1CCCC1)c1ccc2c(c1)nc(CNc1ccc(C(=N)N)cc1)n2C. The first-order valence-corrected chi connectivity index (χ1v) is 11.5. The molecule has 2 amide bonds. The standard InChI is InChI=1S/C25H31N7O3/c1-25(31(3)24(34)35,23(33)32-12-4-5-13-32)17-8-11-20-19(14-17)29-21(30(20)2)15-28-18-9-6-16(7-10-18)22(26)27/h6-11,14,28H,4-5,12-13,15H2,1-3H3,(H3,26,27)(H,34,35)/t25-/m1/s1. The number of nitrogens with two attached hydrogens (primary N) is 1. The molecular formula is C25H31N7O3. The minimum Gasteiger partial charge on any atom is -0.465 e. The lowest BCUT2D eigenvalue weighted by atomic mass is 9.88. The third-order valence-electron chi connectivity index (χ3n) is 6.95. The highest BCUT2D eigenvalue weighted by molar-refractivity contribution is 5.95. The third kappa shape index (κ3) is 4.39. The molecule has 1 aliphatic rings. The van der Waals surface area contributed by atoms with Crippen LogP contribution < -0.4 is 11.1 Å². The van der Waals surface area contributed by atoms with Gasteiger partial charge >= 0.3 is 6.09 Å². The number of amides is 2. The van der Waals surface area contributed by atoms with Crippen molar-refractivity contribution in [1.82, 2.24) is 19.4 Å². The van der Waals surface area contributed by atoms with Crippen molar-refractivity contribution in [3.05, 3.63) is 59.4 Å². The van der Waals surface area contributed by atoms with E-state index in [2.05, 4.69) is 5.32 Å². The van der Waals surface area contributed by atoms with E-state index in [9.17, 15) is 14.7 Å². The highest BCUT2D eigenvalue weighted by atomic mass is 16.4. The van der Waals surface area contributed by atoms with Crippen molar-refractivity contribution in [2.24, 2.45) is 12.8 Å². The molecule has 1 atom stereocenters. The van der Waals surface area contributed by atoms with Gasteiger partial charge in [-0.05, 0) is 61.7 Å². The molecule has 0 unspecified atom stereocenters. The smallest absolute Gasteiger partial charge is 0.408 e. The van der Waals surface area contributed by atoms with Crippen LogP contribution in [-0.2, 0) is 23.9 Å². The van der Waals surface area contributed by atoms with Gasteiger partial charge in [-0.2, -0.15) is 0 Å². The molecule has 0 saturated carbocycles. The summed E-state index contributed by atoms with van der Waals surface area (Å²) >= 11 is 0. The molecule has 4 rings (SSSR count). The zero-order chi connectivity index (χ0) is 25.3. The highest BCUT2D eigenvalue weighted by Gasteiger charge is 2.45. The summed E-state index contributed by atoms with van der Waals surface area (Å²) in [5, 5.41) is 20.6. The molecule has 3 aromatic rings. The lowest BCUT2D eigenvalue weighted by Crippen LogP contribution is -2.55. The molecule has 0 radical (unpaired) electrons. The number of carboxylic acid groups (broad SMARTS) is 1. The number of hydrogen-bond donors (Lipinski definition) is 4. The van der Waals surface area contributed by atoms with Crippen molar-refractivity contribution in [2.45, 2.75) is 31.8 Å². The maximum absolute atomic E-state index is 13.5. The van der Waals surface area contributed by atoms with E-state index in [1.54, 1.807) is 24.0 Å². The number of rotatable bonds is 7. The summed E-state index contributed by atoms with van der Waals surface area (Å²) in [5.41, 5.74) is 7.83. The molecule has 0 spiro atoms. The molecule has 1 aliphatic heterocycles. The number of fused-ring (bicyclic) bond motifs is 1. The largest absolute Gasteiger partial charge is 0.465 e. The van der Waals surface area contributed by atoms with E-state index >= 15 is 0 Å². The summed E-state index contributed by atoms with van der Waals surface area (Å²) in [7, 11) is 3.36. The van der Waals surface area contributed by atoms with E-state index in [-0.39, 0.29) is 11.7 Å². The number of likely N-dealkylation sites (tertiary alicyclic amines) is 1. The molecule has 2 aromatic carbocycles. The summed E-state index contributed by atoms with van der Waals surface area (Å²) in [5.74, 6) is 0.587. The second-order valence-electron chi connectivity index (χ2n) is 9.05. The lowest BCUT2D eigenvalue weighted by molar-refractivity contribution is -0.141. The van der Waals surface area contributed by atoms with E-state index in [1.165, 1.54) is 7.05 Å². The zero-order valence-electron chi connectivity index (χ0n) is 20.2. The zero-order valence-corrected chi connectivity index (χ0v) is 20.2. The Balaban J connectivity index is 1.64. The van der Waals surface area contributed by atoms with Gasteiger partial charge in [0.2, 0.25) is 0 Å². The van der Waals surface area contributed by atoms with Gasteiger partial charge < -0.3 is 25.6 Å². The molecular weight excluding hydrogens is 446 g/mol. The normalized spacial score (nSPS) is 15.1. The topological polar surface area (TPSA) is 141 Å². The number of nitrogens with zero attached hydrogens (tertiary/aromatic N) is 4. The maximum Gasteiger partial charge on any atom is 0.408 e. The number of hydrogen-bond acceptors (Lipinski definition) is 5. The Morgan fingerprint density at radius 2 is 1.86 bits per heavy atom. The van der Waals surface area contributed by atoms with Gasteiger partial charge in [0.15, 0.2) is 0 Å². The summed E-state index contributed by atoms with van der Waals surface area (Å²) in [4.78, 5) is 33.1. The van der Waals surface area contributed by atoms with E-state index in [0.29, 0.717) is 36.3 Å². The molecule has 0 aliphatic carbocycles. The van der Waals surface area contributed by atoms with Gasteiger partial charge in [-0.1, -0.05) is 6.07 Å². The number of aromatic nitrogens is 2. The van der Waals surface area contributed by atoms with Crippen LogP contribution in [0.5, 0.6) is 0 Å². The number of aryl methyl sites for hydroxylation is 1. The number of amidine groups is 1. The molecule has 1 saturated heterocycles. The number of nitrogens with one attached hydrogen (secondary N) is 2. The van der Waals surface area contributed by atoms with Crippen molar-refractivity contribution in [1.29, 1.82) is 5.41 Å². The van der Waals surface area contributed by atoms with Crippen LogP contribution in [0, 0.1) is 5.41 Å². The summed E-state index contributed by atoms with van der Waals surface area (Å²) in [6.07, 6.45) is 0.680. The molecule has 5 N–H and O–H groups in total. The quantitative estimate of drug-likeness (QED) is 0.305. The van der Waals surface area contributed by atoms with Gasteiger partial charge in [0.1, 0.15) is 17.2 Å². The maximum atomic E-state index is 13.5. The van der Waals surface area contributed by atoms with E-state index in [4.69, 9.17) is 16.1 Å². The monoisotopic (exact) mass is 477 g/mol. The second kappa shape index (κ2) is 9.28. The van der Waals surface area contributed by atoms with Crippen LogP contribution in [0.4, 0.5) is 10.5 Å². The predicted molar refractivity (Wildman–Crippen MR) is 134 cm³/mol. The van der Waals surface area contributed by atoms with E-state index in [0.717, 1.165) is 34.8 Å². The minimum atomic E-state index is -1.36. The number of imidazole rings is 1. The van der Waals surface area contributed by atoms with Crippen molar-refractivity contribution < 1.29 is 14.7 Å². The Labute approximate surface area is 203 Å². The first-order valence-electron chi connectivity index (χ1n) is 11.5. The van der Waals surface area contributed by atoms with Gasteiger partial charge in [0.05, 0.1) is 17.6 Å². The molecule has 35 heavy (non-hydrogen) atoms. The Hall–Kier alpha value is -4.08. The molecule has 0 bridgehead atoms. The third-order valence-corrected chi connectivity index (χ3v) is 6.95. The first kappa shape index (κ1) is 24.1. The molecule has 1 aromatic heterocycles. The van der Waals surface area contributed by atoms with Crippen molar-refractivity contribution in [3.8, 4) is 0 Å². The molecule has 2 heterocycles. The van der Waals surface area contributed by atoms with E-state index < -0.39 is 11.6 Å². The fourth-order valence-corrected chi connectivity index (χ4v) is 4.54. The van der Waals surface area contributed by atoms with Gasteiger partial charge in [-0.3, -0.25) is 15.1 Å². The Morgan fingerprint density at radius 1 is 1.20 bits per heavy atom. The van der Waals surface area contributed by atoms with Crippen LogP contribution in [0.3, 0.4) is 0 Å².